The van der Waals surface area contributed by atoms with Crippen molar-refractivity contribution in [1.82, 2.24) is 15.0 Å². The molecule has 1 rings (SSSR count). The number of nitrogens with zero attached hydrogens (tertiary/aromatic N) is 3. The van der Waals surface area contributed by atoms with Crippen molar-refractivity contribution in [3.63, 3.8) is 0 Å². The highest BCUT2D eigenvalue weighted by Gasteiger charge is 2.09. The van der Waals surface area contributed by atoms with Crippen LogP contribution >= 0.6 is 0 Å². The average Bonchev–Trinajstić information content (AvgIpc) is 2.72. The number of terminal acetylenes is 1. The minimum atomic E-state index is -0.468. The van der Waals surface area contributed by atoms with Crippen molar-refractivity contribution in [3.05, 3.63) is 11.9 Å². The van der Waals surface area contributed by atoms with Gasteiger partial charge >= 0.3 is 5.97 Å². The molecule has 0 fully saturated rings. The Morgan fingerprint density at radius 2 is 2.47 bits per heavy atom. The fraction of sp³-hybridized carbons (Fsp3) is 0.500. The van der Waals surface area contributed by atoms with Gasteiger partial charge in [0, 0.05) is 13.0 Å². The zero-order chi connectivity index (χ0) is 11.1. The summed E-state index contributed by atoms with van der Waals surface area (Å²) >= 11 is 0. The van der Waals surface area contributed by atoms with Crippen LogP contribution in [0.25, 0.3) is 0 Å². The molecule has 5 nitrogen and oxygen atoms in total. The number of unbranched alkanes of at least 4 members (excludes halogenated alkanes) is 2. The zero-order valence-electron chi connectivity index (χ0n) is 8.64. The largest absolute Gasteiger partial charge is 0.464 e. The van der Waals surface area contributed by atoms with Gasteiger partial charge in [0.05, 0.1) is 13.3 Å². The molecule has 15 heavy (non-hydrogen) atoms. The number of hydrogen-bond donors (Lipinski definition) is 0. The first-order chi connectivity index (χ1) is 7.27. The van der Waals surface area contributed by atoms with E-state index in [0.29, 0.717) is 6.54 Å². The summed E-state index contributed by atoms with van der Waals surface area (Å²) in [6.07, 6.45) is 9.33. The van der Waals surface area contributed by atoms with Gasteiger partial charge in [-0.1, -0.05) is 5.21 Å². The summed E-state index contributed by atoms with van der Waals surface area (Å²) in [6.45, 7) is 0.714. The molecule has 1 aromatic rings. The lowest BCUT2D eigenvalue weighted by atomic mass is 10.2. The second-order valence-electron chi connectivity index (χ2n) is 3.02. The summed E-state index contributed by atoms with van der Waals surface area (Å²) in [5.41, 5.74) is 0.231. The molecule has 5 heteroatoms. The van der Waals surface area contributed by atoms with E-state index in [1.165, 1.54) is 7.11 Å². The second-order valence-corrected chi connectivity index (χ2v) is 3.02. The lowest BCUT2D eigenvalue weighted by molar-refractivity contribution is 0.0594. The van der Waals surface area contributed by atoms with Crippen LogP contribution in [0.4, 0.5) is 0 Å². The fourth-order valence-corrected chi connectivity index (χ4v) is 1.11. The van der Waals surface area contributed by atoms with Crippen LogP contribution in [0.1, 0.15) is 29.8 Å². The highest BCUT2D eigenvalue weighted by Crippen LogP contribution is 2.00. The minimum absolute atomic E-state index is 0.231. The van der Waals surface area contributed by atoms with Crippen LogP contribution in [0.2, 0.25) is 0 Å². The third-order valence-corrected chi connectivity index (χ3v) is 1.89. The third kappa shape index (κ3) is 3.43. The first-order valence-corrected chi connectivity index (χ1v) is 4.70. The number of ether oxygens (including phenoxy) is 1. The standard InChI is InChI=1S/C10H13N3O2/c1-3-4-5-6-7-13-8-9(11-12-13)10(14)15-2/h1,8H,4-7H2,2H3. The van der Waals surface area contributed by atoms with Crippen molar-refractivity contribution in [2.24, 2.45) is 0 Å². The van der Waals surface area contributed by atoms with E-state index in [2.05, 4.69) is 21.0 Å². The van der Waals surface area contributed by atoms with Crippen LogP contribution in [-0.4, -0.2) is 28.1 Å². The summed E-state index contributed by atoms with van der Waals surface area (Å²) in [7, 11) is 1.31. The molecule has 80 valence electrons. The SMILES string of the molecule is C#CCCCCn1cc(C(=O)OC)nn1. The van der Waals surface area contributed by atoms with E-state index in [0.717, 1.165) is 19.3 Å². The fourth-order valence-electron chi connectivity index (χ4n) is 1.11. The van der Waals surface area contributed by atoms with E-state index in [4.69, 9.17) is 6.42 Å². The average molecular weight is 207 g/mol. The van der Waals surface area contributed by atoms with Crippen LogP contribution in [-0.2, 0) is 11.3 Å². The molecule has 0 unspecified atom stereocenters. The van der Waals surface area contributed by atoms with Crippen molar-refractivity contribution in [2.75, 3.05) is 7.11 Å². The summed E-state index contributed by atoms with van der Waals surface area (Å²) in [4.78, 5) is 11.0. The Morgan fingerprint density at radius 1 is 1.67 bits per heavy atom. The van der Waals surface area contributed by atoms with Gasteiger partial charge in [0.2, 0.25) is 0 Å². The van der Waals surface area contributed by atoms with Crippen molar-refractivity contribution >= 4 is 5.97 Å². The molecular weight excluding hydrogens is 194 g/mol. The molecule has 0 amide bonds. The molecule has 0 spiro atoms. The molecule has 0 aromatic carbocycles. The van der Waals surface area contributed by atoms with E-state index in [9.17, 15) is 4.79 Å². The molecule has 0 saturated heterocycles. The van der Waals surface area contributed by atoms with Gasteiger partial charge in [-0.3, -0.25) is 4.68 Å². The van der Waals surface area contributed by atoms with Crippen molar-refractivity contribution in [2.45, 2.75) is 25.8 Å². The third-order valence-electron chi connectivity index (χ3n) is 1.89. The molecule has 0 atom stereocenters. The second kappa shape index (κ2) is 5.81. The smallest absolute Gasteiger partial charge is 0.360 e. The number of aryl methyl sites for hydroxylation is 1. The lowest BCUT2D eigenvalue weighted by Gasteiger charge is -1.97. The summed E-state index contributed by atoms with van der Waals surface area (Å²) in [5, 5.41) is 7.48. The van der Waals surface area contributed by atoms with Crippen LogP contribution < -0.4 is 0 Å². The molecule has 1 heterocycles. The van der Waals surface area contributed by atoms with Crippen molar-refractivity contribution in [1.29, 1.82) is 0 Å². The van der Waals surface area contributed by atoms with Crippen LogP contribution in [0.3, 0.4) is 0 Å². The molecule has 0 saturated carbocycles. The Labute approximate surface area is 88.4 Å². The van der Waals surface area contributed by atoms with Gasteiger partial charge in [0.15, 0.2) is 5.69 Å². The van der Waals surface area contributed by atoms with Gasteiger partial charge < -0.3 is 4.74 Å². The Balaban J connectivity index is 2.40. The molecule has 0 aliphatic rings. The zero-order valence-corrected chi connectivity index (χ0v) is 8.64. The predicted octanol–water partition coefficient (Wildman–Crippen LogP) is 0.868. The maximum Gasteiger partial charge on any atom is 0.360 e. The van der Waals surface area contributed by atoms with Gasteiger partial charge in [0.1, 0.15) is 0 Å². The van der Waals surface area contributed by atoms with Gasteiger partial charge in [-0.25, -0.2) is 4.79 Å². The highest BCUT2D eigenvalue weighted by molar-refractivity contribution is 5.86. The summed E-state index contributed by atoms with van der Waals surface area (Å²) < 4.78 is 6.13. The van der Waals surface area contributed by atoms with Crippen LogP contribution in [0, 0.1) is 12.3 Å². The number of esters is 1. The lowest BCUT2D eigenvalue weighted by Crippen LogP contribution is -2.01. The topological polar surface area (TPSA) is 57.0 Å². The number of aromatic nitrogens is 3. The first-order valence-electron chi connectivity index (χ1n) is 4.70. The maximum atomic E-state index is 11.0. The molecule has 0 N–H and O–H groups in total. The molecule has 1 aromatic heterocycles. The van der Waals surface area contributed by atoms with Crippen molar-refractivity contribution in [3.8, 4) is 12.3 Å². The number of carbonyl (C=O) groups is 1. The molecule has 0 bridgehead atoms. The van der Waals surface area contributed by atoms with Gasteiger partial charge in [-0.05, 0) is 12.8 Å². The van der Waals surface area contributed by atoms with E-state index in [1.54, 1.807) is 10.9 Å². The van der Waals surface area contributed by atoms with E-state index in [-0.39, 0.29) is 5.69 Å². The van der Waals surface area contributed by atoms with E-state index < -0.39 is 5.97 Å². The Morgan fingerprint density at radius 3 is 3.13 bits per heavy atom. The normalized spacial score (nSPS) is 9.60. The van der Waals surface area contributed by atoms with Gasteiger partial charge in [-0.2, -0.15) is 0 Å². The molecule has 0 aliphatic heterocycles. The number of methoxy groups -OCH3 is 1. The Bertz CT molecular complexity index is 365. The number of hydrogen-bond acceptors (Lipinski definition) is 4. The Hall–Kier alpha value is -1.83. The number of rotatable bonds is 5. The highest BCUT2D eigenvalue weighted by atomic mass is 16.5. The number of carbonyl (C=O) groups excluding carboxylic acids is 1. The maximum absolute atomic E-state index is 11.0. The van der Waals surface area contributed by atoms with Crippen molar-refractivity contribution < 1.29 is 9.53 Å². The molecular formula is C10H13N3O2. The first kappa shape index (κ1) is 11.2. The summed E-state index contributed by atoms with van der Waals surface area (Å²) in [6, 6.07) is 0. The van der Waals surface area contributed by atoms with E-state index in [1.807, 2.05) is 0 Å². The molecule has 0 radical (unpaired) electrons. The minimum Gasteiger partial charge on any atom is -0.464 e. The van der Waals surface area contributed by atoms with Gasteiger partial charge in [-0.15, -0.1) is 17.4 Å². The van der Waals surface area contributed by atoms with Gasteiger partial charge in [0.25, 0.3) is 0 Å². The van der Waals surface area contributed by atoms with Crippen LogP contribution in [0.15, 0.2) is 6.20 Å². The Kier molecular flexibility index (Phi) is 4.35. The monoisotopic (exact) mass is 207 g/mol. The quantitative estimate of drug-likeness (QED) is 0.408. The van der Waals surface area contributed by atoms with E-state index >= 15 is 0 Å². The van der Waals surface area contributed by atoms with Crippen LogP contribution in [0.5, 0.6) is 0 Å². The predicted molar refractivity (Wildman–Crippen MR) is 54.0 cm³/mol. The molecule has 0 aliphatic carbocycles. The summed E-state index contributed by atoms with van der Waals surface area (Å²) in [5.74, 6) is 2.10.